The number of carbonyl (C=O) groups is 2. The summed E-state index contributed by atoms with van der Waals surface area (Å²) in [6.07, 6.45) is 16.3. The maximum atomic E-state index is 15.0. The average molecular weight is 758 g/mol. The first kappa shape index (κ1) is 34.9. The number of rotatable bonds is 10. The number of amides is 2. The summed E-state index contributed by atoms with van der Waals surface area (Å²) in [6, 6.07) is 17.8. The lowest BCUT2D eigenvalue weighted by molar-refractivity contribution is -0.151. The molecule has 1 aliphatic heterocycles. The Kier molecular flexibility index (Phi) is 11.3. The Morgan fingerprint density at radius 3 is 2.60 bits per heavy atom. The lowest BCUT2D eigenvalue weighted by atomic mass is 9.86. The van der Waals surface area contributed by atoms with Crippen molar-refractivity contribution in [2.45, 2.75) is 83.0 Å². The molecule has 2 aliphatic carbocycles. The smallest absolute Gasteiger partial charge is 0.247 e. The van der Waals surface area contributed by atoms with Crippen LogP contribution in [-0.2, 0) is 35.5 Å². The summed E-state index contributed by atoms with van der Waals surface area (Å²) in [6.45, 7) is 3.43. The van der Waals surface area contributed by atoms with Crippen LogP contribution in [0.1, 0.15) is 78.9 Å². The standard InChI is InChI=1S/C40H46BrClN6O2/c41-33-23-32-13-12-31-24-34(42)14-15-35(31)39(38(32)44-25-33)46-20-21-48(37(49)22-29-8-3-1-4-9-29)36(27-46)40(50)47(26-30-10-5-2-6-11-30)18-7-17-45-19-16-43-28-45/h2,5-6,10-11,14-16,19,23-25,28-29,36,39H,1,3-4,7-9,12-13,17-18,20-22,26-27H2/t36-,39-/m1/s1. The van der Waals surface area contributed by atoms with Crippen molar-refractivity contribution in [1.29, 1.82) is 0 Å². The zero-order chi connectivity index (χ0) is 34.5. The van der Waals surface area contributed by atoms with Crippen molar-refractivity contribution in [2.75, 3.05) is 26.2 Å². The number of piperazine rings is 1. The maximum absolute atomic E-state index is 15.0. The number of pyridine rings is 1. The molecule has 3 aliphatic rings. The van der Waals surface area contributed by atoms with E-state index in [0.717, 1.165) is 59.4 Å². The highest BCUT2D eigenvalue weighted by atomic mass is 79.9. The van der Waals surface area contributed by atoms with Gasteiger partial charge in [0.2, 0.25) is 11.8 Å². The van der Waals surface area contributed by atoms with Gasteiger partial charge in [0.15, 0.2) is 0 Å². The van der Waals surface area contributed by atoms with Gasteiger partial charge in [-0.05, 0) is 94.4 Å². The largest absolute Gasteiger partial charge is 0.337 e. The van der Waals surface area contributed by atoms with E-state index in [0.29, 0.717) is 45.1 Å². The number of halogens is 2. The molecule has 2 amide bonds. The number of aryl methyl sites for hydroxylation is 3. The molecule has 0 spiro atoms. The van der Waals surface area contributed by atoms with Crippen LogP contribution in [0.5, 0.6) is 0 Å². The molecule has 3 heterocycles. The SMILES string of the molecule is O=C([C@H]1CN([C@@H]2c3ccc(Cl)cc3CCc3cc(Br)cnc32)CCN1C(=O)CC1CCCCC1)N(CCCn1ccnc1)Cc1ccccc1. The molecule has 50 heavy (non-hydrogen) atoms. The van der Waals surface area contributed by atoms with Crippen LogP contribution in [0, 0.1) is 5.92 Å². The monoisotopic (exact) mass is 756 g/mol. The summed E-state index contributed by atoms with van der Waals surface area (Å²) in [5.74, 6) is 0.521. The number of fused-ring (bicyclic) bond motifs is 2. The van der Waals surface area contributed by atoms with Gasteiger partial charge in [-0.15, -0.1) is 0 Å². The molecule has 2 aromatic carbocycles. The molecule has 8 nitrogen and oxygen atoms in total. The predicted octanol–water partition coefficient (Wildman–Crippen LogP) is 7.48. The van der Waals surface area contributed by atoms with Gasteiger partial charge in [-0.1, -0.05) is 67.3 Å². The van der Waals surface area contributed by atoms with Crippen LogP contribution in [-0.4, -0.2) is 73.3 Å². The Morgan fingerprint density at radius 2 is 1.80 bits per heavy atom. The van der Waals surface area contributed by atoms with E-state index in [1.165, 1.54) is 36.0 Å². The highest BCUT2D eigenvalue weighted by Gasteiger charge is 2.42. The molecule has 2 fully saturated rings. The second kappa shape index (κ2) is 16.2. The normalized spacial score (nSPS) is 19.8. The van der Waals surface area contributed by atoms with E-state index in [4.69, 9.17) is 16.6 Å². The molecule has 1 saturated carbocycles. The molecular formula is C40H46BrClN6O2. The van der Waals surface area contributed by atoms with Crippen molar-refractivity contribution in [3.63, 3.8) is 0 Å². The minimum atomic E-state index is -0.602. The van der Waals surface area contributed by atoms with Gasteiger partial charge in [0.05, 0.1) is 18.1 Å². The number of hydrogen-bond acceptors (Lipinski definition) is 5. The number of hydrogen-bond donors (Lipinski definition) is 0. The van der Waals surface area contributed by atoms with Crippen molar-refractivity contribution < 1.29 is 9.59 Å². The Balaban J connectivity index is 1.22. The third kappa shape index (κ3) is 8.16. The van der Waals surface area contributed by atoms with Gasteiger partial charge in [0.1, 0.15) is 6.04 Å². The van der Waals surface area contributed by atoms with E-state index in [2.05, 4.69) is 56.1 Å². The van der Waals surface area contributed by atoms with E-state index >= 15 is 4.79 Å². The highest BCUT2D eigenvalue weighted by Crippen LogP contribution is 2.39. The van der Waals surface area contributed by atoms with Crippen LogP contribution < -0.4 is 0 Å². The Hall–Kier alpha value is -3.53. The summed E-state index contributed by atoms with van der Waals surface area (Å²) >= 11 is 10.2. The predicted molar refractivity (Wildman–Crippen MR) is 200 cm³/mol. The number of aromatic nitrogens is 3. The second-order valence-corrected chi connectivity index (χ2v) is 15.5. The number of imidazole rings is 1. The molecular weight excluding hydrogens is 712 g/mol. The molecule has 2 atom stereocenters. The summed E-state index contributed by atoms with van der Waals surface area (Å²) in [5.41, 5.74) is 5.68. The molecule has 0 unspecified atom stereocenters. The number of benzene rings is 2. The first-order valence-corrected chi connectivity index (χ1v) is 19.3. The fraction of sp³-hybridized carbons (Fsp3) is 0.450. The van der Waals surface area contributed by atoms with Crippen LogP contribution in [0.15, 0.2) is 84.0 Å². The molecule has 0 radical (unpaired) electrons. The van der Waals surface area contributed by atoms with Gasteiger partial charge >= 0.3 is 0 Å². The summed E-state index contributed by atoms with van der Waals surface area (Å²) < 4.78 is 3.00. The van der Waals surface area contributed by atoms with Gasteiger partial charge in [0, 0.05) is 73.8 Å². The van der Waals surface area contributed by atoms with Crippen LogP contribution in [0.3, 0.4) is 0 Å². The molecule has 7 rings (SSSR count). The molecule has 4 aromatic rings. The number of nitrogens with zero attached hydrogens (tertiary/aromatic N) is 6. The third-order valence-corrected chi connectivity index (χ3v) is 11.5. The van der Waals surface area contributed by atoms with Gasteiger partial charge in [0.25, 0.3) is 0 Å². The maximum Gasteiger partial charge on any atom is 0.247 e. The zero-order valence-corrected chi connectivity index (χ0v) is 30.9. The van der Waals surface area contributed by atoms with Gasteiger partial charge in [-0.3, -0.25) is 19.5 Å². The van der Waals surface area contributed by atoms with Crippen molar-refractivity contribution in [2.24, 2.45) is 5.92 Å². The van der Waals surface area contributed by atoms with Crippen molar-refractivity contribution in [1.82, 2.24) is 29.2 Å². The van der Waals surface area contributed by atoms with E-state index in [1.54, 1.807) is 6.20 Å². The fourth-order valence-corrected chi connectivity index (χ4v) is 8.80. The van der Waals surface area contributed by atoms with Crippen molar-refractivity contribution in [3.05, 3.63) is 117 Å². The Morgan fingerprint density at radius 1 is 0.980 bits per heavy atom. The van der Waals surface area contributed by atoms with E-state index in [1.807, 2.05) is 57.4 Å². The number of carbonyl (C=O) groups excluding carboxylic acids is 2. The lowest BCUT2D eigenvalue weighted by Crippen LogP contribution is -2.61. The van der Waals surface area contributed by atoms with E-state index in [9.17, 15) is 4.79 Å². The van der Waals surface area contributed by atoms with Crippen molar-refractivity contribution in [3.8, 4) is 0 Å². The summed E-state index contributed by atoms with van der Waals surface area (Å²) in [4.78, 5) is 44.8. The highest BCUT2D eigenvalue weighted by molar-refractivity contribution is 9.10. The van der Waals surface area contributed by atoms with Gasteiger partial charge in [-0.25, -0.2) is 4.98 Å². The topological polar surface area (TPSA) is 74.6 Å². The molecule has 10 heteroatoms. The first-order valence-electron chi connectivity index (χ1n) is 18.2. The van der Waals surface area contributed by atoms with Crippen LogP contribution in [0.4, 0.5) is 0 Å². The molecule has 262 valence electrons. The van der Waals surface area contributed by atoms with Crippen molar-refractivity contribution >= 4 is 39.3 Å². The van der Waals surface area contributed by atoms with E-state index in [-0.39, 0.29) is 17.9 Å². The molecule has 0 N–H and O–H groups in total. The van der Waals surface area contributed by atoms with Gasteiger partial charge < -0.3 is 14.4 Å². The zero-order valence-electron chi connectivity index (χ0n) is 28.6. The van der Waals surface area contributed by atoms with Crippen LogP contribution in [0.2, 0.25) is 5.02 Å². The minimum Gasteiger partial charge on any atom is -0.337 e. The van der Waals surface area contributed by atoms with Crippen LogP contribution >= 0.6 is 27.5 Å². The second-order valence-electron chi connectivity index (χ2n) is 14.1. The Bertz CT molecular complexity index is 1710. The van der Waals surface area contributed by atoms with E-state index < -0.39 is 6.04 Å². The third-order valence-electron chi connectivity index (χ3n) is 10.8. The Labute approximate surface area is 309 Å². The average Bonchev–Trinajstić information content (AvgIpc) is 3.60. The van der Waals surface area contributed by atoms with Crippen LogP contribution in [0.25, 0.3) is 0 Å². The minimum absolute atomic E-state index is 0.00937. The first-order chi connectivity index (χ1) is 24.4. The molecule has 0 bridgehead atoms. The quantitative estimate of drug-likeness (QED) is 0.168. The summed E-state index contributed by atoms with van der Waals surface area (Å²) in [5, 5.41) is 0.723. The molecule has 2 aromatic heterocycles. The van der Waals surface area contributed by atoms with Gasteiger partial charge in [-0.2, -0.15) is 0 Å². The molecule has 1 saturated heterocycles. The fourth-order valence-electron chi connectivity index (χ4n) is 8.23. The lowest BCUT2D eigenvalue weighted by Gasteiger charge is -2.45. The summed E-state index contributed by atoms with van der Waals surface area (Å²) in [7, 11) is 0.